The number of nitrogens with one attached hydrogen (secondary N) is 1. The Morgan fingerprint density at radius 3 is 2.71 bits per heavy atom. The van der Waals surface area contributed by atoms with Gasteiger partial charge in [0, 0.05) is 0 Å². The summed E-state index contributed by atoms with van der Waals surface area (Å²) in [7, 11) is 0. The number of anilines is 1. The van der Waals surface area contributed by atoms with Crippen molar-refractivity contribution in [2.75, 3.05) is 11.7 Å². The molecule has 2 aliphatic heterocycles. The van der Waals surface area contributed by atoms with E-state index in [2.05, 4.69) is 11.9 Å². The molecular weight excluding hydrogens is 547 g/mol. The number of hydrogen-bond donors (Lipinski definition) is 1. The molecule has 1 fully saturated rings. The first kappa shape index (κ1) is 25.8. The van der Waals surface area contributed by atoms with Crippen molar-refractivity contribution in [2.45, 2.75) is 13.0 Å². The van der Waals surface area contributed by atoms with Crippen LogP contribution in [0.15, 0.2) is 72.8 Å². The Bertz CT molecular complexity index is 1520. The van der Waals surface area contributed by atoms with E-state index in [1.54, 1.807) is 36.4 Å². The van der Waals surface area contributed by atoms with Gasteiger partial charge in [0.15, 0.2) is 16.6 Å². The maximum absolute atomic E-state index is 13.4. The topological polar surface area (TPSA) is 77.1 Å². The summed E-state index contributed by atoms with van der Waals surface area (Å²) >= 11 is 17.7. The lowest BCUT2D eigenvalue weighted by molar-refractivity contribution is -0.122. The fourth-order valence-electron chi connectivity index (χ4n) is 4.04. The predicted octanol–water partition coefficient (Wildman–Crippen LogP) is 5.86. The molecule has 2 heterocycles. The van der Waals surface area contributed by atoms with Crippen molar-refractivity contribution in [2.24, 2.45) is 0 Å². The van der Waals surface area contributed by atoms with E-state index in [-0.39, 0.29) is 33.2 Å². The zero-order chi connectivity index (χ0) is 26.8. The molecule has 10 heteroatoms. The summed E-state index contributed by atoms with van der Waals surface area (Å²) < 4.78 is 16.9. The van der Waals surface area contributed by atoms with Crippen LogP contribution >= 0.6 is 35.4 Å². The predicted molar refractivity (Wildman–Crippen MR) is 150 cm³/mol. The van der Waals surface area contributed by atoms with Gasteiger partial charge in [-0.2, -0.15) is 0 Å². The maximum Gasteiger partial charge on any atom is 0.270 e. The molecule has 0 aliphatic carbocycles. The highest BCUT2D eigenvalue weighted by atomic mass is 35.5. The minimum Gasteiger partial charge on any atom is -0.489 e. The van der Waals surface area contributed by atoms with Crippen LogP contribution in [0.3, 0.4) is 0 Å². The summed E-state index contributed by atoms with van der Waals surface area (Å²) in [5.41, 5.74) is 2.56. The first-order valence-electron chi connectivity index (χ1n) is 11.5. The zero-order valence-corrected chi connectivity index (χ0v) is 22.2. The van der Waals surface area contributed by atoms with Crippen LogP contribution in [0.2, 0.25) is 10.0 Å². The monoisotopic (exact) mass is 566 g/mol. The van der Waals surface area contributed by atoms with Gasteiger partial charge in [-0.25, -0.2) is 0 Å². The Kier molecular flexibility index (Phi) is 7.37. The average Bonchev–Trinajstić information content (AvgIpc) is 3.36. The molecule has 0 saturated carbocycles. The normalized spacial score (nSPS) is 15.6. The number of carbonyl (C=O) groups is 2. The summed E-state index contributed by atoms with van der Waals surface area (Å²) in [4.78, 5) is 27.3. The molecule has 192 valence electrons. The van der Waals surface area contributed by atoms with Gasteiger partial charge in [0.25, 0.3) is 11.8 Å². The fourth-order valence-corrected chi connectivity index (χ4v) is 4.70. The molecule has 3 aromatic rings. The standard InChI is InChI=1S/C28H20Cl2N2O5S/c1-2-4-18-11-16(7-9-22(18)35-14-17-8-10-23-24(13-17)37-15-36-23)12-19-26(33)31-28(38)32(27(19)34)21-6-3-5-20(29)25(21)30/h2-3,5-13H,1,4,14-15H2,(H,31,33,38)/b19-12+. The third kappa shape index (κ3) is 5.11. The van der Waals surface area contributed by atoms with E-state index in [0.717, 1.165) is 16.0 Å². The lowest BCUT2D eigenvalue weighted by atomic mass is 10.0. The van der Waals surface area contributed by atoms with Gasteiger partial charge in [-0.1, -0.05) is 47.5 Å². The van der Waals surface area contributed by atoms with Gasteiger partial charge in [0.1, 0.15) is 17.9 Å². The third-order valence-electron chi connectivity index (χ3n) is 5.86. The molecule has 0 unspecified atom stereocenters. The quantitative estimate of drug-likeness (QED) is 0.167. The van der Waals surface area contributed by atoms with Crippen LogP contribution in [0.25, 0.3) is 6.08 Å². The molecule has 2 amide bonds. The number of fused-ring (bicyclic) bond motifs is 1. The summed E-state index contributed by atoms with van der Waals surface area (Å²) in [5.74, 6) is 0.816. The van der Waals surface area contributed by atoms with Crippen LogP contribution < -0.4 is 24.4 Å². The number of carbonyl (C=O) groups excluding carboxylic acids is 2. The van der Waals surface area contributed by atoms with Gasteiger partial charge in [0.2, 0.25) is 6.79 Å². The van der Waals surface area contributed by atoms with Crippen LogP contribution in [-0.4, -0.2) is 23.7 Å². The number of thiocarbonyl (C=S) groups is 1. The number of allylic oxidation sites excluding steroid dienone is 1. The first-order chi connectivity index (χ1) is 18.4. The van der Waals surface area contributed by atoms with Crippen LogP contribution in [-0.2, 0) is 22.6 Å². The number of rotatable bonds is 7. The SMILES string of the molecule is C=CCc1cc(/C=C2\C(=O)NC(=S)N(c3cccc(Cl)c3Cl)C2=O)ccc1OCc1ccc2c(c1)OCO2. The maximum atomic E-state index is 13.4. The highest BCUT2D eigenvalue weighted by Gasteiger charge is 2.35. The van der Waals surface area contributed by atoms with Crippen LogP contribution in [0.1, 0.15) is 16.7 Å². The van der Waals surface area contributed by atoms with Crippen molar-refractivity contribution in [1.82, 2.24) is 5.32 Å². The van der Waals surface area contributed by atoms with Crippen LogP contribution in [0.4, 0.5) is 5.69 Å². The van der Waals surface area contributed by atoms with E-state index in [0.29, 0.717) is 35.8 Å². The number of nitrogens with zero attached hydrogens (tertiary/aromatic N) is 1. The van der Waals surface area contributed by atoms with E-state index in [4.69, 9.17) is 49.6 Å². The number of benzene rings is 3. The van der Waals surface area contributed by atoms with Crippen LogP contribution in [0, 0.1) is 0 Å². The molecule has 0 bridgehead atoms. The third-order valence-corrected chi connectivity index (χ3v) is 6.96. The van der Waals surface area contributed by atoms with Gasteiger partial charge >= 0.3 is 0 Å². The fraction of sp³-hybridized carbons (Fsp3) is 0.107. The molecule has 1 N–H and O–H groups in total. The van der Waals surface area contributed by atoms with E-state index in [1.165, 1.54) is 6.08 Å². The molecule has 5 rings (SSSR count). The van der Waals surface area contributed by atoms with Crippen molar-refractivity contribution in [1.29, 1.82) is 0 Å². The van der Waals surface area contributed by atoms with Crippen molar-refractivity contribution in [3.63, 3.8) is 0 Å². The van der Waals surface area contributed by atoms with Gasteiger partial charge in [-0.05, 0) is 77.8 Å². The van der Waals surface area contributed by atoms with E-state index < -0.39 is 11.8 Å². The summed E-state index contributed by atoms with van der Waals surface area (Å²) in [5, 5.41) is 2.88. The lowest BCUT2D eigenvalue weighted by Crippen LogP contribution is -2.54. The summed E-state index contributed by atoms with van der Waals surface area (Å²) in [6.07, 6.45) is 3.76. The second-order valence-corrected chi connectivity index (χ2v) is 9.54. The molecule has 1 saturated heterocycles. The van der Waals surface area contributed by atoms with E-state index >= 15 is 0 Å². The Morgan fingerprint density at radius 1 is 1.08 bits per heavy atom. The Labute approximate surface area is 234 Å². The summed E-state index contributed by atoms with van der Waals surface area (Å²) in [6, 6.07) is 15.9. The highest BCUT2D eigenvalue weighted by Crippen LogP contribution is 2.35. The second-order valence-electron chi connectivity index (χ2n) is 8.37. The minimum atomic E-state index is -0.615. The largest absolute Gasteiger partial charge is 0.489 e. The van der Waals surface area contributed by atoms with Crippen molar-refractivity contribution >= 4 is 64.1 Å². The molecule has 7 nitrogen and oxygen atoms in total. The molecule has 0 spiro atoms. The van der Waals surface area contributed by atoms with Crippen LogP contribution in [0.5, 0.6) is 17.2 Å². The average molecular weight is 567 g/mol. The van der Waals surface area contributed by atoms with Gasteiger partial charge in [-0.3, -0.25) is 19.8 Å². The van der Waals surface area contributed by atoms with Crippen molar-refractivity contribution < 1.29 is 23.8 Å². The smallest absolute Gasteiger partial charge is 0.270 e. The number of ether oxygens (including phenoxy) is 3. The van der Waals surface area contributed by atoms with E-state index in [1.807, 2.05) is 24.3 Å². The molecule has 3 aromatic carbocycles. The molecule has 0 radical (unpaired) electrons. The summed E-state index contributed by atoms with van der Waals surface area (Å²) in [6.45, 7) is 4.35. The van der Waals surface area contributed by atoms with Gasteiger partial charge in [0.05, 0.1) is 15.7 Å². The second kappa shape index (κ2) is 10.9. The lowest BCUT2D eigenvalue weighted by Gasteiger charge is -2.29. The first-order valence-corrected chi connectivity index (χ1v) is 12.6. The van der Waals surface area contributed by atoms with Gasteiger partial charge < -0.3 is 14.2 Å². The molecule has 0 aromatic heterocycles. The number of amides is 2. The van der Waals surface area contributed by atoms with Crippen molar-refractivity contribution in [3.8, 4) is 17.2 Å². The molecule has 0 atom stereocenters. The Balaban J connectivity index is 1.41. The zero-order valence-electron chi connectivity index (χ0n) is 19.8. The molecule has 38 heavy (non-hydrogen) atoms. The van der Waals surface area contributed by atoms with E-state index in [9.17, 15) is 9.59 Å². The number of hydrogen-bond acceptors (Lipinski definition) is 6. The highest BCUT2D eigenvalue weighted by molar-refractivity contribution is 7.80. The Hall–Kier alpha value is -3.85. The van der Waals surface area contributed by atoms with Gasteiger partial charge in [-0.15, -0.1) is 6.58 Å². The molecular formula is C28H20Cl2N2O5S. The minimum absolute atomic E-state index is 0.0825. The molecule has 2 aliphatic rings. The number of halogens is 2. The Morgan fingerprint density at radius 2 is 1.89 bits per heavy atom. The van der Waals surface area contributed by atoms with Crippen molar-refractivity contribution in [3.05, 3.63) is 99.6 Å².